The SMILES string of the molecule is CCCCN(CCO)c1ccc(C(=N)N)nc1. The van der Waals surface area contributed by atoms with Crippen LogP contribution >= 0.6 is 0 Å². The molecule has 0 atom stereocenters. The minimum absolute atomic E-state index is 0.0289. The number of nitrogens with zero attached hydrogens (tertiary/aromatic N) is 2. The number of aliphatic hydroxyl groups excluding tert-OH is 1. The Kier molecular flexibility index (Phi) is 5.42. The molecular weight excluding hydrogens is 216 g/mol. The quantitative estimate of drug-likeness (QED) is 0.486. The predicted octanol–water partition coefficient (Wildman–Crippen LogP) is 0.964. The van der Waals surface area contributed by atoms with E-state index in [1.165, 1.54) is 0 Å². The molecular formula is C12H20N4O. The van der Waals surface area contributed by atoms with Crippen molar-refractivity contribution in [2.24, 2.45) is 5.73 Å². The zero-order valence-electron chi connectivity index (χ0n) is 10.2. The second-order valence-corrected chi connectivity index (χ2v) is 3.88. The summed E-state index contributed by atoms with van der Waals surface area (Å²) in [5, 5.41) is 16.3. The summed E-state index contributed by atoms with van der Waals surface area (Å²) < 4.78 is 0. The second kappa shape index (κ2) is 6.85. The van der Waals surface area contributed by atoms with Crippen LogP contribution in [0.5, 0.6) is 0 Å². The van der Waals surface area contributed by atoms with Crippen molar-refractivity contribution < 1.29 is 5.11 Å². The average Bonchev–Trinajstić information content (AvgIpc) is 2.34. The second-order valence-electron chi connectivity index (χ2n) is 3.88. The molecule has 1 aromatic rings. The van der Waals surface area contributed by atoms with E-state index in [9.17, 15) is 0 Å². The first kappa shape index (κ1) is 13.4. The minimum Gasteiger partial charge on any atom is -0.395 e. The molecule has 0 saturated carbocycles. The lowest BCUT2D eigenvalue weighted by Crippen LogP contribution is -2.28. The molecule has 0 radical (unpaired) electrons. The average molecular weight is 236 g/mol. The summed E-state index contributed by atoms with van der Waals surface area (Å²) in [6.07, 6.45) is 3.89. The van der Waals surface area contributed by atoms with Crippen molar-refractivity contribution in [2.45, 2.75) is 19.8 Å². The first-order valence-electron chi connectivity index (χ1n) is 5.85. The lowest BCUT2D eigenvalue weighted by atomic mass is 10.2. The van der Waals surface area contributed by atoms with Crippen molar-refractivity contribution in [1.82, 2.24) is 4.98 Å². The smallest absolute Gasteiger partial charge is 0.141 e. The molecule has 0 spiro atoms. The molecule has 5 heteroatoms. The Morgan fingerprint density at radius 2 is 2.24 bits per heavy atom. The van der Waals surface area contributed by atoms with Gasteiger partial charge in [-0.05, 0) is 18.6 Å². The molecule has 5 nitrogen and oxygen atoms in total. The fraction of sp³-hybridized carbons (Fsp3) is 0.500. The zero-order valence-corrected chi connectivity index (χ0v) is 10.2. The van der Waals surface area contributed by atoms with Gasteiger partial charge < -0.3 is 15.7 Å². The molecule has 0 aliphatic heterocycles. The fourth-order valence-electron chi connectivity index (χ4n) is 1.57. The van der Waals surface area contributed by atoms with Gasteiger partial charge in [0.1, 0.15) is 11.5 Å². The van der Waals surface area contributed by atoms with Gasteiger partial charge in [-0.15, -0.1) is 0 Å². The standard InChI is InChI=1S/C12H20N4O/c1-2-3-6-16(7-8-17)10-4-5-11(12(13)14)15-9-10/h4-5,9,17H,2-3,6-8H2,1H3,(H3,13,14). The van der Waals surface area contributed by atoms with E-state index in [2.05, 4.69) is 16.8 Å². The predicted molar refractivity (Wildman–Crippen MR) is 69.5 cm³/mol. The van der Waals surface area contributed by atoms with Crippen LogP contribution in [0.15, 0.2) is 18.3 Å². The van der Waals surface area contributed by atoms with Crippen LogP contribution in [-0.2, 0) is 0 Å². The molecule has 1 heterocycles. The van der Waals surface area contributed by atoms with E-state index in [0.717, 1.165) is 25.1 Å². The van der Waals surface area contributed by atoms with Crippen LogP contribution in [0.4, 0.5) is 5.69 Å². The molecule has 0 aliphatic carbocycles. The van der Waals surface area contributed by atoms with E-state index in [4.69, 9.17) is 16.2 Å². The molecule has 94 valence electrons. The first-order chi connectivity index (χ1) is 8.19. The molecule has 0 bridgehead atoms. The van der Waals surface area contributed by atoms with E-state index in [0.29, 0.717) is 12.2 Å². The molecule has 0 fully saturated rings. The molecule has 0 aromatic carbocycles. The third-order valence-electron chi connectivity index (χ3n) is 2.54. The fourth-order valence-corrected chi connectivity index (χ4v) is 1.57. The maximum Gasteiger partial charge on any atom is 0.141 e. The Morgan fingerprint density at radius 3 is 2.71 bits per heavy atom. The van der Waals surface area contributed by atoms with E-state index in [1.807, 2.05) is 6.07 Å². The molecule has 1 aromatic heterocycles. The van der Waals surface area contributed by atoms with Crippen molar-refractivity contribution in [3.8, 4) is 0 Å². The van der Waals surface area contributed by atoms with E-state index in [1.54, 1.807) is 12.3 Å². The van der Waals surface area contributed by atoms with Crippen molar-refractivity contribution in [3.05, 3.63) is 24.0 Å². The number of nitrogens with two attached hydrogens (primary N) is 1. The molecule has 17 heavy (non-hydrogen) atoms. The van der Waals surface area contributed by atoms with E-state index in [-0.39, 0.29) is 12.4 Å². The van der Waals surface area contributed by atoms with Crippen molar-refractivity contribution in [2.75, 3.05) is 24.6 Å². The van der Waals surface area contributed by atoms with Crippen molar-refractivity contribution >= 4 is 11.5 Å². The highest BCUT2D eigenvalue weighted by Gasteiger charge is 2.06. The van der Waals surface area contributed by atoms with Gasteiger partial charge in [0.25, 0.3) is 0 Å². The van der Waals surface area contributed by atoms with Crippen LogP contribution in [0, 0.1) is 5.41 Å². The number of amidine groups is 1. The Labute approximate surface area is 102 Å². The Balaban J connectivity index is 2.75. The third kappa shape index (κ3) is 4.03. The van der Waals surface area contributed by atoms with Gasteiger partial charge in [-0.1, -0.05) is 13.3 Å². The Bertz CT molecular complexity index is 350. The number of aromatic nitrogens is 1. The molecule has 1 rings (SSSR count). The lowest BCUT2D eigenvalue weighted by molar-refractivity contribution is 0.301. The first-order valence-corrected chi connectivity index (χ1v) is 5.85. The highest BCUT2D eigenvalue weighted by atomic mass is 16.3. The number of rotatable bonds is 7. The number of unbranched alkanes of at least 4 members (excludes halogenated alkanes) is 1. The van der Waals surface area contributed by atoms with Gasteiger partial charge in [0.15, 0.2) is 0 Å². The topological polar surface area (TPSA) is 86.2 Å². The largest absolute Gasteiger partial charge is 0.395 e. The van der Waals surface area contributed by atoms with Crippen LogP contribution in [0.2, 0.25) is 0 Å². The van der Waals surface area contributed by atoms with Crippen LogP contribution in [-0.4, -0.2) is 35.6 Å². The van der Waals surface area contributed by atoms with E-state index < -0.39 is 0 Å². The number of hydrogen-bond donors (Lipinski definition) is 3. The Morgan fingerprint density at radius 1 is 1.47 bits per heavy atom. The molecule has 0 unspecified atom stereocenters. The van der Waals surface area contributed by atoms with Gasteiger partial charge in [-0.25, -0.2) is 0 Å². The van der Waals surface area contributed by atoms with Crippen LogP contribution in [0.25, 0.3) is 0 Å². The number of aliphatic hydroxyl groups is 1. The monoisotopic (exact) mass is 236 g/mol. The highest BCUT2D eigenvalue weighted by Crippen LogP contribution is 2.13. The van der Waals surface area contributed by atoms with E-state index >= 15 is 0 Å². The third-order valence-corrected chi connectivity index (χ3v) is 2.54. The highest BCUT2D eigenvalue weighted by molar-refractivity contribution is 5.93. The van der Waals surface area contributed by atoms with Gasteiger partial charge in [-0.2, -0.15) is 0 Å². The number of hydrogen-bond acceptors (Lipinski definition) is 4. The Hall–Kier alpha value is -1.62. The van der Waals surface area contributed by atoms with Gasteiger partial charge >= 0.3 is 0 Å². The maximum absolute atomic E-state index is 9.02. The summed E-state index contributed by atoms with van der Waals surface area (Å²) >= 11 is 0. The normalized spacial score (nSPS) is 10.2. The van der Waals surface area contributed by atoms with Crippen molar-refractivity contribution in [1.29, 1.82) is 5.41 Å². The summed E-state index contributed by atoms with van der Waals surface area (Å²) in [5.41, 5.74) is 6.78. The summed E-state index contributed by atoms with van der Waals surface area (Å²) in [5.74, 6) is -0.0289. The van der Waals surface area contributed by atoms with Gasteiger partial charge in [0.05, 0.1) is 18.5 Å². The molecule has 0 saturated heterocycles. The lowest BCUT2D eigenvalue weighted by Gasteiger charge is -2.23. The van der Waals surface area contributed by atoms with Gasteiger partial charge in [-0.3, -0.25) is 10.4 Å². The summed E-state index contributed by atoms with van der Waals surface area (Å²) in [4.78, 5) is 6.20. The minimum atomic E-state index is -0.0289. The molecule has 0 amide bonds. The number of pyridine rings is 1. The number of anilines is 1. The maximum atomic E-state index is 9.02. The zero-order chi connectivity index (χ0) is 12.7. The van der Waals surface area contributed by atoms with Crippen LogP contribution in [0.3, 0.4) is 0 Å². The van der Waals surface area contributed by atoms with Gasteiger partial charge in [0, 0.05) is 13.1 Å². The number of nitrogens with one attached hydrogen (secondary N) is 1. The summed E-state index contributed by atoms with van der Waals surface area (Å²) in [6.45, 7) is 3.76. The summed E-state index contributed by atoms with van der Waals surface area (Å²) in [6, 6.07) is 3.61. The van der Waals surface area contributed by atoms with Crippen LogP contribution < -0.4 is 10.6 Å². The van der Waals surface area contributed by atoms with Crippen molar-refractivity contribution in [3.63, 3.8) is 0 Å². The van der Waals surface area contributed by atoms with Crippen LogP contribution in [0.1, 0.15) is 25.5 Å². The molecule has 0 aliphatic rings. The van der Waals surface area contributed by atoms with Gasteiger partial charge in [0.2, 0.25) is 0 Å². The number of nitrogen functional groups attached to an aromatic ring is 1. The summed E-state index contributed by atoms with van der Waals surface area (Å²) in [7, 11) is 0. The molecule has 4 N–H and O–H groups in total.